The van der Waals surface area contributed by atoms with Crippen LogP contribution in [0.2, 0.25) is 0 Å². The molecule has 2 rings (SSSR count). The van der Waals surface area contributed by atoms with Gasteiger partial charge in [0.25, 0.3) is 0 Å². The van der Waals surface area contributed by atoms with Crippen LogP contribution < -0.4 is 4.74 Å². The number of benzene rings is 2. The van der Waals surface area contributed by atoms with Crippen LogP contribution in [0.25, 0.3) is 6.08 Å². The van der Waals surface area contributed by atoms with Crippen LogP contribution in [-0.4, -0.2) is 17.7 Å². The van der Waals surface area contributed by atoms with Crippen LogP contribution in [0.4, 0.5) is 0 Å². The van der Waals surface area contributed by atoms with Crippen molar-refractivity contribution in [2.45, 2.75) is 20.5 Å². The quantitative estimate of drug-likeness (QED) is 0.619. The first-order valence-corrected chi connectivity index (χ1v) is 7.45. The maximum absolute atomic E-state index is 11.1. The maximum atomic E-state index is 11.1. The van der Waals surface area contributed by atoms with Gasteiger partial charge in [0.2, 0.25) is 5.76 Å². The first-order chi connectivity index (χ1) is 11.1. The summed E-state index contributed by atoms with van der Waals surface area (Å²) in [6.07, 6.45) is 1.53. The van der Waals surface area contributed by atoms with Gasteiger partial charge >= 0.3 is 5.97 Å². The van der Waals surface area contributed by atoms with Crippen molar-refractivity contribution >= 4 is 12.0 Å². The van der Waals surface area contributed by atoms with Gasteiger partial charge in [-0.1, -0.05) is 36.4 Å². The predicted molar refractivity (Wildman–Crippen MR) is 89.2 cm³/mol. The van der Waals surface area contributed by atoms with Gasteiger partial charge in [-0.15, -0.1) is 0 Å². The van der Waals surface area contributed by atoms with Crippen LogP contribution in [0.15, 0.2) is 54.3 Å². The third-order valence-electron chi connectivity index (χ3n) is 3.29. The van der Waals surface area contributed by atoms with Crippen LogP contribution in [0.3, 0.4) is 0 Å². The lowest BCUT2D eigenvalue weighted by Crippen LogP contribution is -2.04. The Bertz CT molecular complexity index is 690. The Morgan fingerprint density at radius 3 is 2.52 bits per heavy atom. The fraction of sp³-hybridized carbons (Fsp3) is 0.211. The molecule has 0 unspecified atom stereocenters. The second-order valence-corrected chi connectivity index (χ2v) is 5.04. The summed E-state index contributed by atoms with van der Waals surface area (Å²) in [6.45, 7) is 4.47. The van der Waals surface area contributed by atoms with Crippen molar-refractivity contribution in [3.05, 3.63) is 71.0 Å². The second-order valence-electron chi connectivity index (χ2n) is 5.04. The van der Waals surface area contributed by atoms with Crippen molar-refractivity contribution in [2.24, 2.45) is 0 Å². The van der Waals surface area contributed by atoms with Gasteiger partial charge in [0.05, 0.1) is 6.61 Å². The first-order valence-electron chi connectivity index (χ1n) is 7.45. The van der Waals surface area contributed by atoms with Crippen LogP contribution >= 0.6 is 0 Å². The molecule has 4 heteroatoms. The standard InChI is InChI=1S/C19H20O4/c1-3-22-18(19(20)21)12-16-9-10-17(11-14(16)2)23-13-15-7-5-4-6-8-15/h4-12H,3,13H2,1-2H3,(H,20,21)/b18-12-. The van der Waals surface area contributed by atoms with Crippen molar-refractivity contribution < 1.29 is 19.4 Å². The summed E-state index contributed by atoms with van der Waals surface area (Å²) >= 11 is 0. The highest BCUT2D eigenvalue weighted by Gasteiger charge is 2.09. The maximum Gasteiger partial charge on any atom is 0.371 e. The number of hydrogen-bond acceptors (Lipinski definition) is 3. The van der Waals surface area contributed by atoms with E-state index in [-0.39, 0.29) is 5.76 Å². The number of carboxylic acid groups (broad SMARTS) is 1. The number of ether oxygens (including phenoxy) is 2. The number of aliphatic carboxylic acids is 1. The number of carbonyl (C=O) groups is 1. The van der Waals surface area contributed by atoms with E-state index in [2.05, 4.69) is 0 Å². The summed E-state index contributed by atoms with van der Waals surface area (Å²) in [5, 5.41) is 9.10. The predicted octanol–water partition coefficient (Wildman–Crippen LogP) is 4.04. The van der Waals surface area contributed by atoms with Crippen molar-refractivity contribution in [2.75, 3.05) is 6.61 Å². The van der Waals surface area contributed by atoms with Crippen molar-refractivity contribution in [1.82, 2.24) is 0 Å². The molecular formula is C19H20O4. The third-order valence-corrected chi connectivity index (χ3v) is 3.29. The molecule has 0 radical (unpaired) electrons. The Hall–Kier alpha value is -2.75. The van der Waals surface area contributed by atoms with E-state index in [0.29, 0.717) is 13.2 Å². The molecule has 0 heterocycles. The van der Waals surface area contributed by atoms with Crippen LogP contribution in [0.5, 0.6) is 5.75 Å². The number of hydrogen-bond donors (Lipinski definition) is 1. The summed E-state index contributed by atoms with van der Waals surface area (Å²) in [5.41, 5.74) is 2.82. The Kier molecular flexibility index (Phi) is 5.80. The molecule has 0 saturated heterocycles. The Morgan fingerprint density at radius 1 is 1.17 bits per heavy atom. The Balaban J connectivity index is 2.11. The van der Waals surface area contributed by atoms with Crippen LogP contribution in [0.1, 0.15) is 23.6 Å². The Morgan fingerprint density at radius 2 is 1.91 bits per heavy atom. The van der Waals surface area contributed by atoms with Gasteiger partial charge in [0.1, 0.15) is 12.4 Å². The Labute approximate surface area is 136 Å². The molecule has 23 heavy (non-hydrogen) atoms. The zero-order valence-electron chi connectivity index (χ0n) is 13.3. The zero-order valence-corrected chi connectivity index (χ0v) is 13.3. The van der Waals surface area contributed by atoms with Gasteiger partial charge in [-0.05, 0) is 48.7 Å². The van der Waals surface area contributed by atoms with Gasteiger partial charge < -0.3 is 14.6 Å². The molecule has 0 aromatic heterocycles. The lowest BCUT2D eigenvalue weighted by atomic mass is 10.1. The average Bonchev–Trinajstić information content (AvgIpc) is 2.55. The van der Waals surface area contributed by atoms with E-state index in [9.17, 15) is 4.79 Å². The average molecular weight is 312 g/mol. The summed E-state index contributed by atoms with van der Waals surface area (Å²) in [7, 11) is 0. The molecule has 0 spiro atoms. The largest absolute Gasteiger partial charge is 0.489 e. The van der Waals surface area contributed by atoms with Crippen LogP contribution in [-0.2, 0) is 16.1 Å². The smallest absolute Gasteiger partial charge is 0.371 e. The third kappa shape index (κ3) is 4.88. The molecule has 4 nitrogen and oxygen atoms in total. The molecule has 2 aromatic carbocycles. The molecule has 1 N–H and O–H groups in total. The molecule has 0 aliphatic carbocycles. The minimum absolute atomic E-state index is 0.0615. The molecular weight excluding hydrogens is 292 g/mol. The SMILES string of the molecule is CCO/C(=C\c1ccc(OCc2ccccc2)cc1C)C(=O)O. The van der Waals surface area contributed by atoms with Gasteiger partial charge in [0, 0.05) is 0 Å². The number of aryl methyl sites for hydroxylation is 1. The number of rotatable bonds is 7. The fourth-order valence-electron chi connectivity index (χ4n) is 2.10. The van der Waals surface area contributed by atoms with Gasteiger partial charge in [-0.3, -0.25) is 0 Å². The first kappa shape index (κ1) is 16.6. The molecule has 0 aliphatic heterocycles. The van der Waals surface area contributed by atoms with Gasteiger partial charge in [-0.25, -0.2) is 4.79 Å². The van der Waals surface area contributed by atoms with Gasteiger partial charge in [0.15, 0.2) is 0 Å². The topological polar surface area (TPSA) is 55.8 Å². The normalized spacial score (nSPS) is 11.1. The molecule has 0 bridgehead atoms. The fourth-order valence-corrected chi connectivity index (χ4v) is 2.10. The van der Waals surface area contributed by atoms with E-state index in [0.717, 1.165) is 22.4 Å². The van der Waals surface area contributed by atoms with Crippen molar-refractivity contribution in [1.29, 1.82) is 0 Å². The summed E-state index contributed by atoms with van der Waals surface area (Å²) in [5.74, 6) is -0.388. The molecule has 0 fully saturated rings. The van der Waals surface area contributed by atoms with Crippen LogP contribution in [0, 0.1) is 6.92 Å². The minimum atomic E-state index is -1.07. The van der Waals surface area contributed by atoms with Crippen molar-refractivity contribution in [3.8, 4) is 5.75 Å². The molecule has 0 saturated carbocycles. The lowest BCUT2D eigenvalue weighted by Gasteiger charge is -2.09. The molecule has 0 aliphatic rings. The highest BCUT2D eigenvalue weighted by atomic mass is 16.5. The second kappa shape index (κ2) is 8.03. The zero-order chi connectivity index (χ0) is 16.7. The van der Waals surface area contributed by atoms with E-state index < -0.39 is 5.97 Å². The summed E-state index contributed by atoms with van der Waals surface area (Å²) in [6, 6.07) is 15.5. The molecule has 0 amide bonds. The lowest BCUT2D eigenvalue weighted by molar-refractivity contribution is -0.136. The minimum Gasteiger partial charge on any atom is -0.489 e. The highest BCUT2D eigenvalue weighted by Crippen LogP contribution is 2.21. The van der Waals surface area contributed by atoms with E-state index in [4.69, 9.17) is 14.6 Å². The van der Waals surface area contributed by atoms with E-state index in [1.807, 2.05) is 55.5 Å². The number of carboxylic acids is 1. The monoisotopic (exact) mass is 312 g/mol. The molecule has 120 valence electrons. The molecule has 0 atom stereocenters. The highest BCUT2D eigenvalue weighted by molar-refractivity contribution is 5.90. The van der Waals surface area contributed by atoms with Crippen molar-refractivity contribution in [3.63, 3.8) is 0 Å². The van der Waals surface area contributed by atoms with E-state index in [1.165, 1.54) is 6.08 Å². The van der Waals surface area contributed by atoms with E-state index >= 15 is 0 Å². The summed E-state index contributed by atoms with van der Waals surface area (Å²) in [4.78, 5) is 11.1. The summed E-state index contributed by atoms with van der Waals surface area (Å²) < 4.78 is 10.9. The van der Waals surface area contributed by atoms with E-state index in [1.54, 1.807) is 6.92 Å². The molecule has 2 aromatic rings. The van der Waals surface area contributed by atoms with Gasteiger partial charge in [-0.2, -0.15) is 0 Å².